The predicted octanol–water partition coefficient (Wildman–Crippen LogP) is 3.91. The number of para-hydroxylation sites is 1. The smallest absolute Gasteiger partial charge is 0.267 e. The molecule has 1 amide bonds. The normalized spacial score (nSPS) is 11.0. The van der Waals surface area contributed by atoms with Gasteiger partial charge in [-0.1, -0.05) is 47.5 Å². The van der Waals surface area contributed by atoms with Crippen LogP contribution in [0.15, 0.2) is 59.7 Å². The van der Waals surface area contributed by atoms with E-state index in [-0.39, 0.29) is 5.91 Å². The van der Waals surface area contributed by atoms with Crippen LogP contribution in [0.2, 0.25) is 5.15 Å². The molecule has 0 fully saturated rings. The molecular formula is C19H17ClN4O. The molecule has 0 saturated carbocycles. The first-order valence-electron chi connectivity index (χ1n) is 7.77. The lowest BCUT2D eigenvalue weighted by atomic mass is 10.1. The summed E-state index contributed by atoms with van der Waals surface area (Å²) in [5.74, 6) is -0.277. The number of benzene rings is 2. The molecule has 0 aliphatic rings. The molecule has 0 unspecified atom stereocenters. The minimum absolute atomic E-state index is 0.277. The maximum absolute atomic E-state index is 12.1. The van der Waals surface area contributed by atoms with Gasteiger partial charge in [-0.15, -0.1) is 0 Å². The number of carbonyl (C=O) groups excluding carboxylic acids is 1. The number of hydrogen-bond acceptors (Lipinski definition) is 3. The van der Waals surface area contributed by atoms with Gasteiger partial charge in [0.25, 0.3) is 5.91 Å². The van der Waals surface area contributed by atoms with E-state index in [1.54, 1.807) is 16.8 Å². The zero-order chi connectivity index (χ0) is 17.8. The van der Waals surface area contributed by atoms with E-state index in [2.05, 4.69) is 15.6 Å². The highest BCUT2D eigenvalue weighted by atomic mass is 35.5. The number of nitrogens with one attached hydrogen (secondary N) is 1. The number of rotatable bonds is 4. The standard InChI is InChI=1S/C19H17ClN4O/c1-13-8-10-15(11-9-13)19(25)22-21-12-17-14(2)23-24(18(17)20)16-6-4-3-5-7-16/h3-12H,1-2H3,(H,22,25)/b21-12-. The van der Waals surface area contributed by atoms with E-state index < -0.39 is 0 Å². The molecule has 0 spiro atoms. The predicted molar refractivity (Wildman–Crippen MR) is 99.6 cm³/mol. The molecule has 1 heterocycles. The minimum atomic E-state index is -0.277. The van der Waals surface area contributed by atoms with E-state index in [0.717, 1.165) is 16.9 Å². The first kappa shape index (κ1) is 16.9. The van der Waals surface area contributed by atoms with Crippen molar-refractivity contribution in [2.24, 2.45) is 5.10 Å². The topological polar surface area (TPSA) is 59.3 Å². The van der Waals surface area contributed by atoms with Crippen molar-refractivity contribution < 1.29 is 4.79 Å². The summed E-state index contributed by atoms with van der Waals surface area (Å²) in [5.41, 5.74) is 6.39. The number of aromatic nitrogens is 2. The number of aryl methyl sites for hydroxylation is 2. The molecule has 5 nitrogen and oxygen atoms in total. The van der Waals surface area contributed by atoms with Gasteiger partial charge in [0.05, 0.1) is 23.2 Å². The Bertz CT molecular complexity index is 915. The molecule has 3 aromatic rings. The van der Waals surface area contributed by atoms with E-state index >= 15 is 0 Å². The lowest BCUT2D eigenvalue weighted by molar-refractivity contribution is 0.0955. The summed E-state index contributed by atoms with van der Waals surface area (Å²) in [6.45, 7) is 3.81. The van der Waals surface area contributed by atoms with E-state index in [4.69, 9.17) is 11.6 Å². The van der Waals surface area contributed by atoms with Crippen molar-refractivity contribution in [3.8, 4) is 5.69 Å². The number of hydrogen-bond donors (Lipinski definition) is 1. The van der Waals surface area contributed by atoms with Gasteiger partial charge in [-0.3, -0.25) is 4.79 Å². The number of amides is 1. The monoisotopic (exact) mass is 352 g/mol. The highest BCUT2D eigenvalue weighted by molar-refractivity contribution is 6.32. The first-order valence-corrected chi connectivity index (χ1v) is 8.14. The van der Waals surface area contributed by atoms with Crippen molar-refractivity contribution in [2.45, 2.75) is 13.8 Å². The summed E-state index contributed by atoms with van der Waals surface area (Å²) in [4.78, 5) is 12.1. The number of halogens is 1. The van der Waals surface area contributed by atoms with Gasteiger partial charge in [0.15, 0.2) is 0 Å². The summed E-state index contributed by atoms with van der Waals surface area (Å²) in [6.07, 6.45) is 1.51. The maximum Gasteiger partial charge on any atom is 0.271 e. The Hall–Kier alpha value is -2.92. The third kappa shape index (κ3) is 3.78. The molecule has 0 aliphatic carbocycles. The molecule has 1 aromatic heterocycles. The summed E-state index contributed by atoms with van der Waals surface area (Å²) in [5, 5.41) is 8.88. The van der Waals surface area contributed by atoms with Crippen LogP contribution in [0.3, 0.4) is 0 Å². The van der Waals surface area contributed by atoms with Gasteiger partial charge < -0.3 is 0 Å². The van der Waals surface area contributed by atoms with Gasteiger partial charge >= 0.3 is 0 Å². The Morgan fingerprint density at radius 2 is 1.80 bits per heavy atom. The Morgan fingerprint density at radius 3 is 2.48 bits per heavy atom. The molecule has 25 heavy (non-hydrogen) atoms. The molecule has 1 N–H and O–H groups in total. The van der Waals surface area contributed by atoms with E-state index in [1.165, 1.54) is 6.21 Å². The SMILES string of the molecule is Cc1ccc(C(=O)N/N=C\c2c(C)nn(-c3ccccc3)c2Cl)cc1. The van der Waals surface area contributed by atoms with Gasteiger partial charge in [-0.25, -0.2) is 10.1 Å². The van der Waals surface area contributed by atoms with E-state index in [1.807, 2.05) is 56.3 Å². The van der Waals surface area contributed by atoms with E-state index in [0.29, 0.717) is 16.3 Å². The van der Waals surface area contributed by atoms with Crippen LogP contribution >= 0.6 is 11.6 Å². The van der Waals surface area contributed by atoms with Gasteiger partial charge in [0.1, 0.15) is 5.15 Å². The fourth-order valence-electron chi connectivity index (χ4n) is 2.32. The van der Waals surface area contributed by atoms with Gasteiger partial charge in [0, 0.05) is 5.56 Å². The summed E-state index contributed by atoms with van der Waals surface area (Å²) < 4.78 is 1.64. The summed E-state index contributed by atoms with van der Waals surface area (Å²) >= 11 is 6.41. The van der Waals surface area contributed by atoms with Crippen LogP contribution in [0.25, 0.3) is 5.69 Å². The van der Waals surface area contributed by atoms with Crippen molar-refractivity contribution in [3.05, 3.63) is 82.1 Å². The van der Waals surface area contributed by atoms with Crippen LogP contribution in [-0.2, 0) is 0 Å². The lowest BCUT2D eigenvalue weighted by Crippen LogP contribution is -2.17. The third-order valence-corrected chi connectivity index (χ3v) is 4.09. The Labute approximate surface area is 150 Å². The second kappa shape index (κ2) is 7.32. The molecule has 0 radical (unpaired) electrons. The molecule has 2 aromatic carbocycles. The Balaban J connectivity index is 1.77. The zero-order valence-corrected chi connectivity index (χ0v) is 14.7. The second-order valence-corrected chi connectivity index (χ2v) is 5.96. The molecule has 0 atom stereocenters. The van der Waals surface area contributed by atoms with E-state index in [9.17, 15) is 4.79 Å². The average Bonchev–Trinajstić information content (AvgIpc) is 2.91. The minimum Gasteiger partial charge on any atom is -0.267 e. The second-order valence-electron chi connectivity index (χ2n) is 5.60. The van der Waals surface area contributed by atoms with Crippen LogP contribution in [0.1, 0.15) is 27.2 Å². The van der Waals surface area contributed by atoms with Crippen molar-refractivity contribution in [2.75, 3.05) is 0 Å². The fraction of sp³-hybridized carbons (Fsp3) is 0.105. The van der Waals surface area contributed by atoms with Crippen molar-refractivity contribution in [3.63, 3.8) is 0 Å². The Kier molecular flexibility index (Phi) is 4.95. The van der Waals surface area contributed by atoms with Gasteiger partial charge in [0.2, 0.25) is 0 Å². The van der Waals surface area contributed by atoms with Gasteiger partial charge in [-0.2, -0.15) is 10.2 Å². The third-order valence-electron chi connectivity index (χ3n) is 3.72. The van der Waals surface area contributed by atoms with Crippen LogP contribution < -0.4 is 5.43 Å². The van der Waals surface area contributed by atoms with Crippen LogP contribution in [0, 0.1) is 13.8 Å². The highest BCUT2D eigenvalue weighted by Gasteiger charge is 2.13. The van der Waals surface area contributed by atoms with Crippen molar-refractivity contribution in [1.82, 2.24) is 15.2 Å². The Morgan fingerprint density at radius 1 is 1.12 bits per heavy atom. The number of carbonyl (C=O) groups is 1. The highest BCUT2D eigenvalue weighted by Crippen LogP contribution is 2.21. The fourth-order valence-corrected chi connectivity index (χ4v) is 2.64. The number of hydrazone groups is 1. The van der Waals surface area contributed by atoms with Gasteiger partial charge in [-0.05, 0) is 38.1 Å². The molecule has 0 bridgehead atoms. The lowest BCUT2D eigenvalue weighted by Gasteiger charge is -2.02. The van der Waals surface area contributed by atoms with Crippen molar-refractivity contribution in [1.29, 1.82) is 0 Å². The molecule has 126 valence electrons. The summed E-state index contributed by atoms with van der Waals surface area (Å²) in [6, 6.07) is 16.9. The first-order chi connectivity index (χ1) is 12.1. The largest absolute Gasteiger partial charge is 0.271 e. The quantitative estimate of drug-likeness (QED) is 0.571. The summed E-state index contributed by atoms with van der Waals surface area (Å²) in [7, 11) is 0. The van der Waals surface area contributed by atoms with Crippen molar-refractivity contribution >= 4 is 23.7 Å². The molecule has 6 heteroatoms. The molecule has 0 saturated heterocycles. The number of nitrogens with zero attached hydrogens (tertiary/aromatic N) is 3. The van der Waals surface area contributed by atoms with Crippen LogP contribution in [0.5, 0.6) is 0 Å². The zero-order valence-electron chi connectivity index (χ0n) is 13.9. The maximum atomic E-state index is 12.1. The molecular weight excluding hydrogens is 336 g/mol. The van der Waals surface area contributed by atoms with Crippen LogP contribution in [0.4, 0.5) is 0 Å². The van der Waals surface area contributed by atoms with Crippen LogP contribution in [-0.4, -0.2) is 21.9 Å². The molecule has 0 aliphatic heterocycles. The average molecular weight is 353 g/mol. The molecule has 3 rings (SSSR count).